The first-order valence-electron chi connectivity index (χ1n) is 13.3. The monoisotopic (exact) mass is 580 g/mol. The van der Waals surface area contributed by atoms with E-state index in [1.54, 1.807) is 50.2 Å². The summed E-state index contributed by atoms with van der Waals surface area (Å²) in [5.74, 6) is -5.80. The highest BCUT2D eigenvalue weighted by Gasteiger charge is 2.41. The molecule has 0 aliphatic carbocycles. The molecule has 0 radical (unpaired) electrons. The molecule has 1 heterocycles. The molecule has 0 amide bonds. The fourth-order valence-corrected chi connectivity index (χ4v) is 3.99. The minimum absolute atomic E-state index is 0.0332. The minimum Gasteiger partial charge on any atom is -0.478 e. The lowest BCUT2D eigenvalue weighted by atomic mass is 10.1. The fraction of sp³-hybridized carbons (Fsp3) is 0.290. The van der Waals surface area contributed by atoms with E-state index in [4.69, 9.17) is 9.47 Å². The molecule has 4 rings (SSSR count). The third-order valence-corrected chi connectivity index (χ3v) is 6.32. The summed E-state index contributed by atoms with van der Waals surface area (Å²) < 4.78 is 22.3. The molecule has 4 N–H and O–H groups in total. The van der Waals surface area contributed by atoms with E-state index in [0.717, 1.165) is 29.9 Å². The average molecular weight is 581 g/mol. The van der Waals surface area contributed by atoms with E-state index < -0.39 is 36.1 Å². The highest BCUT2D eigenvalue weighted by atomic mass is 19.1. The van der Waals surface area contributed by atoms with Gasteiger partial charge in [0.25, 0.3) is 0 Å². The highest BCUT2D eigenvalue weighted by Crippen LogP contribution is 2.15. The van der Waals surface area contributed by atoms with Gasteiger partial charge in [0.1, 0.15) is 5.82 Å². The maximum absolute atomic E-state index is 12.6. The van der Waals surface area contributed by atoms with Crippen LogP contribution in [0.15, 0.2) is 72.8 Å². The number of halogens is 1. The molecule has 222 valence electrons. The van der Waals surface area contributed by atoms with E-state index in [-0.39, 0.29) is 16.9 Å². The van der Waals surface area contributed by atoms with Crippen LogP contribution in [0.3, 0.4) is 0 Å². The molecule has 11 heteroatoms. The van der Waals surface area contributed by atoms with Crippen LogP contribution in [0.1, 0.15) is 44.7 Å². The number of esters is 2. The zero-order chi connectivity index (χ0) is 30.6. The maximum atomic E-state index is 12.6. The first-order chi connectivity index (χ1) is 20.0. The van der Waals surface area contributed by atoms with Crippen molar-refractivity contribution < 1.29 is 43.3 Å². The molecule has 0 aromatic heterocycles. The normalized spacial score (nSPS) is 15.6. The predicted molar refractivity (Wildman–Crippen MR) is 152 cm³/mol. The Labute approximate surface area is 242 Å². The summed E-state index contributed by atoms with van der Waals surface area (Å²) in [5.41, 5.74) is 2.79. The Bertz CT molecular complexity index is 1280. The lowest BCUT2D eigenvalue weighted by Crippen LogP contribution is -2.45. The number of hydrogen-bond donors (Lipinski definition) is 4. The Morgan fingerprint density at radius 3 is 1.62 bits per heavy atom. The second-order valence-electron chi connectivity index (χ2n) is 9.75. The van der Waals surface area contributed by atoms with E-state index in [0.29, 0.717) is 6.04 Å². The van der Waals surface area contributed by atoms with Crippen molar-refractivity contribution in [2.45, 2.75) is 44.9 Å². The van der Waals surface area contributed by atoms with Crippen LogP contribution >= 0.6 is 0 Å². The molecule has 42 heavy (non-hydrogen) atoms. The number of carboxylic acid groups (broad SMARTS) is 2. The van der Waals surface area contributed by atoms with E-state index in [2.05, 4.69) is 10.6 Å². The van der Waals surface area contributed by atoms with Gasteiger partial charge in [0.2, 0.25) is 12.2 Å². The minimum atomic E-state index is -2.22. The number of aryl methyl sites for hydroxylation is 2. The molecule has 1 saturated heterocycles. The van der Waals surface area contributed by atoms with Gasteiger partial charge in [0.15, 0.2) is 0 Å². The van der Waals surface area contributed by atoms with E-state index in [1.165, 1.54) is 49.2 Å². The number of nitrogens with one attached hydrogen (secondary N) is 2. The number of rotatable bonds is 9. The topological polar surface area (TPSA) is 151 Å². The van der Waals surface area contributed by atoms with Crippen molar-refractivity contribution in [3.63, 3.8) is 0 Å². The van der Waals surface area contributed by atoms with Crippen molar-refractivity contribution in [3.8, 4) is 0 Å². The van der Waals surface area contributed by atoms with Crippen LogP contribution in [0.25, 0.3) is 0 Å². The zero-order valence-electron chi connectivity index (χ0n) is 23.2. The van der Waals surface area contributed by atoms with Crippen LogP contribution in [0.4, 0.5) is 10.1 Å². The van der Waals surface area contributed by atoms with Gasteiger partial charge in [-0.1, -0.05) is 35.4 Å². The Morgan fingerprint density at radius 1 is 0.786 bits per heavy atom. The van der Waals surface area contributed by atoms with Crippen molar-refractivity contribution in [2.75, 3.05) is 18.4 Å². The van der Waals surface area contributed by atoms with Gasteiger partial charge in [0, 0.05) is 18.3 Å². The Hall–Kier alpha value is -4.77. The van der Waals surface area contributed by atoms with E-state index >= 15 is 0 Å². The van der Waals surface area contributed by atoms with Crippen molar-refractivity contribution in [2.24, 2.45) is 0 Å². The summed E-state index contributed by atoms with van der Waals surface area (Å²) in [7, 11) is 0. The summed E-state index contributed by atoms with van der Waals surface area (Å²) in [5, 5.41) is 25.3. The Kier molecular flexibility index (Phi) is 11.6. The molecule has 1 fully saturated rings. The van der Waals surface area contributed by atoms with Crippen molar-refractivity contribution in [1.29, 1.82) is 0 Å². The lowest BCUT2D eigenvalue weighted by Gasteiger charge is -2.24. The van der Waals surface area contributed by atoms with Crippen LogP contribution in [-0.2, 0) is 19.1 Å². The number of hydrogen-bond acceptors (Lipinski definition) is 8. The first kappa shape index (κ1) is 31.8. The Morgan fingerprint density at radius 2 is 1.24 bits per heavy atom. The Balaban J connectivity index is 0.000000287. The number of aliphatic carboxylic acids is 2. The van der Waals surface area contributed by atoms with Gasteiger partial charge < -0.3 is 30.3 Å². The van der Waals surface area contributed by atoms with Crippen molar-refractivity contribution in [1.82, 2.24) is 5.32 Å². The van der Waals surface area contributed by atoms with E-state index in [9.17, 15) is 33.8 Å². The second-order valence-corrected chi connectivity index (χ2v) is 9.75. The second kappa shape index (κ2) is 15.3. The number of anilines is 1. The largest absolute Gasteiger partial charge is 0.478 e. The third kappa shape index (κ3) is 9.70. The van der Waals surface area contributed by atoms with Gasteiger partial charge in [-0.3, -0.25) is 0 Å². The number of ether oxygens (including phenoxy) is 2. The molecule has 0 spiro atoms. The average Bonchev–Trinajstić information content (AvgIpc) is 2.97. The maximum Gasteiger partial charge on any atom is 0.349 e. The predicted octanol–water partition coefficient (Wildman–Crippen LogP) is 4.21. The summed E-state index contributed by atoms with van der Waals surface area (Å²) in [4.78, 5) is 47.3. The molecule has 3 aromatic rings. The number of carbonyl (C=O) groups is 4. The van der Waals surface area contributed by atoms with Crippen LogP contribution in [0.5, 0.6) is 0 Å². The highest BCUT2D eigenvalue weighted by molar-refractivity contribution is 5.95. The summed E-state index contributed by atoms with van der Waals surface area (Å²) in [6.45, 7) is 5.69. The third-order valence-electron chi connectivity index (χ3n) is 6.32. The van der Waals surface area contributed by atoms with Crippen molar-refractivity contribution >= 4 is 29.6 Å². The quantitative estimate of drug-likeness (QED) is 0.271. The molecule has 1 unspecified atom stereocenters. The van der Waals surface area contributed by atoms with Gasteiger partial charge in [-0.2, -0.15) is 0 Å². The molecule has 10 nitrogen and oxygen atoms in total. The van der Waals surface area contributed by atoms with Gasteiger partial charge in [-0.25, -0.2) is 23.6 Å². The molecule has 1 aliphatic heterocycles. The molecular formula is C31H33FN2O8. The first-order valence-corrected chi connectivity index (χ1v) is 13.3. The van der Waals surface area contributed by atoms with Crippen LogP contribution < -0.4 is 10.6 Å². The van der Waals surface area contributed by atoms with Gasteiger partial charge in [-0.15, -0.1) is 0 Å². The molecule has 0 bridgehead atoms. The number of piperidine rings is 1. The molecular weight excluding hydrogens is 547 g/mol. The summed E-state index contributed by atoms with van der Waals surface area (Å²) >= 11 is 0. The summed E-state index contributed by atoms with van der Waals surface area (Å²) in [6, 6.07) is 19.1. The smallest absolute Gasteiger partial charge is 0.349 e. The number of carboxylic acids is 2. The van der Waals surface area contributed by atoms with Crippen LogP contribution in [-0.4, -0.2) is 65.4 Å². The standard InChI is InChI=1S/C20H18O8.C11H15FN2/c1-11-3-7-13(8-4-11)19(25)27-15(17(21)22)16(18(23)24)28-20(26)14-9-5-12(2)6-10-14;12-9-3-5-10(6-4-9)14-11-2-1-7-13-8-11/h3-10,15-16H,1-2H3,(H,21,22)(H,23,24);3-6,11,13-14H,1-2,7-8H2/t15-,16-;/m1./s1. The van der Waals surface area contributed by atoms with Crippen molar-refractivity contribution in [3.05, 3.63) is 101 Å². The van der Waals surface area contributed by atoms with Gasteiger partial charge in [0.05, 0.1) is 11.1 Å². The van der Waals surface area contributed by atoms with Gasteiger partial charge >= 0.3 is 23.9 Å². The molecule has 3 aromatic carbocycles. The SMILES string of the molecule is Cc1ccc(C(=O)O[C@@H](C(=O)O)[C@@H](OC(=O)c2ccc(C)cc2)C(=O)O)cc1.Fc1ccc(NC2CCCNC2)cc1. The zero-order valence-corrected chi connectivity index (χ0v) is 23.2. The van der Waals surface area contributed by atoms with E-state index in [1.807, 2.05) is 0 Å². The number of benzene rings is 3. The molecule has 0 saturated carbocycles. The van der Waals surface area contributed by atoms with Crippen LogP contribution in [0.2, 0.25) is 0 Å². The summed E-state index contributed by atoms with van der Waals surface area (Å²) in [6.07, 6.45) is -2.05. The molecule has 1 aliphatic rings. The fourth-order valence-electron chi connectivity index (χ4n) is 3.99. The number of carbonyl (C=O) groups excluding carboxylic acids is 2. The molecule has 3 atom stereocenters. The van der Waals surface area contributed by atoms with Crippen LogP contribution in [0, 0.1) is 19.7 Å². The van der Waals surface area contributed by atoms with Gasteiger partial charge in [-0.05, 0) is 81.8 Å². The lowest BCUT2D eigenvalue weighted by molar-refractivity contribution is -0.166.